The van der Waals surface area contributed by atoms with Crippen LogP contribution in [0, 0.1) is 58.2 Å². The summed E-state index contributed by atoms with van der Waals surface area (Å²) in [7, 11) is 6.05. The number of likely N-dealkylation sites (tertiary alicyclic amines) is 1. The molecule has 1 saturated heterocycles. The summed E-state index contributed by atoms with van der Waals surface area (Å²) < 4.78 is 28.0. The highest BCUT2D eigenvalue weighted by Crippen LogP contribution is 2.69. The highest BCUT2D eigenvalue weighted by atomic mass is 16.6. The molecule has 8 nitrogen and oxygen atoms in total. The zero-order chi connectivity index (χ0) is 45.6. The largest absolute Gasteiger partial charge is 0.504 e. The number of fused-ring (bicyclic) bond motifs is 3. The van der Waals surface area contributed by atoms with Crippen molar-refractivity contribution in [2.45, 2.75) is 175 Å². The lowest BCUT2D eigenvalue weighted by molar-refractivity contribution is -0.158. The van der Waals surface area contributed by atoms with Crippen molar-refractivity contribution in [1.82, 2.24) is 9.80 Å². The Kier molecular flexibility index (Phi) is 11.2. The van der Waals surface area contributed by atoms with Crippen LogP contribution in [0.4, 0.5) is 0 Å². The highest BCUT2D eigenvalue weighted by Gasteiger charge is 2.69. The second-order valence-corrected chi connectivity index (χ2v) is 25.2. The van der Waals surface area contributed by atoms with Gasteiger partial charge in [-0.3, -0.25) is 4.90 Å². The molecule has 2 unspecified atom stereocenters. The smallest absolute Gasteiger partial charge is 0.166 e. The van der Waals surface area contributed by atoms with Crippen molar-refractivity contribution in [3.8, 4) is 34.1 Å². The maximum Gasteiger partial charge on any atom is 0.166 e. The molecule has 0 radical (unpaired) electrons. The summed E-state index contributed by atoms with van der Waals surface area (Å²) in [5, 5.41) is 25.8. The topological polar surface area (TPSA) is 83.9 Å². The summed E-state index contributed by atoms with van der Waals surface area (Å²) in [6, 6.07) is 4.88. The van der Waals surface area contributed by atoms with Gasteiger partial charge >= 0.3 is 0 Å². The van der Waals surface area contributed by atoms with E-state index in [2.05, 4.69) is 98.2 Å². The summed E-state index contributed by atoms with van der Waals surface area (Å²) >= 11 is 0. The first-order valence-corrected chi connectivity index (χ1v) is 25.9. The van der Waals surface area contributed by atoms with Crippen molar-refractivity contribution in [3.63, 3.8) is 0 Å². The van der Waals surface area contributed by atoms with Gasteiger partial charge in [-0.1, -0.05) is 69.2 Å². The fraction of sp³-hybridized carbons (Fsp3) is 0.786. The molecule has 64 heavy (non-hydrogen) atoms. The van der Waals surface area contributed by atoms with Gasteiger partial charge in [0.15, 0.2) is 23.0 Å². The number of phenols is 2. The monoisotopic (exact) mass is 881 g/mol. The van der Waals surface area contributed by atoms with E-state index in [4.69, 9.17) is 18.9 Å². The van der Waals surface area contributed by atoms with Crippen LogP contribution in [0.25, 0.3) is 11.1 Å². The minimum absolute atomic E-state index is 0.0841. The molecule has 0 amide bonds. The number of hydrogen-bond acceptors (Lipinski definition) is 8. The van der Waals surface area contributed by atoms with Crippen LogP contribution >= 0.6 is 0 Å². The molecule has 13 atom stereocenters. The minimum atomic E-state index is -0.333. The van der Waals surface area contributed by atoms with Crippen molar-refractivity contribution >= 4 is 0 Å². The quantitative estimate of drug-likeness (QED) is 0.206. The fourth-order valence-corrected chi connectivity index (χ4v) is 15.4. The Morgan fingerprint density at radius 2 is 1.41 bits per heavy atom. The first-order valence-electron chi connectivity index (χ1n) is 25.9. The summed E-state index contributed by atoms with van der Waals surface area (Å²) in [5.41, 5.74) is 5.87. The predicted molar refractivity (Wildman–Crippen MR) is 256 cm³/mol. The molecule has 2 bridgehead atoms. The van der Waals surface area contributed by atoms with E-state index >= 15 is 0 Å². The third kappa shape index (κ3) is 6.76. The van der Waals surface area contributed by atoms with Gasteiger partial charge in [0, 0.05) is 66.4 Å². The van der Waals surface area contributed by atoms with E-state index in [0.717, 1.165) is 70.0 Å². The zero-order valence-electron chi connectivity index (χ0n) is 42.0. The van der Waals surface area contributed by atoms with Gasteiger partial charge < -0.3 is 34.1 Å². The minimum Gasteiger partial charge on any atom is -0.504 e. The molecule has 8 heteroatoms. The van der Waals surface area contributed by atoms with Crippen LogP contribution in [-0.4, -0.2) is 97.9 Å². The maximum atomic E-state index is 13.0. The van der Waals surface area contributed by atoms with Crippen molar-refractivity contribution in [2.75, 3.05) is 47.4 Å². The second-order valence-electron chi connectivity index (χ2n) is 25.2. The van der Waals surface area contributed by atoms with E-state index in [1.165, 1.54) is 54.5 Å². The van der Waals surface area contributed by atoms with Gasteiger partial charge in [-0.25, -0.2) is 0 Å². The first kappa shape index (κ1) is 45.3. The molecule has 8 aliphatic rings. The SMILES string of the molecule is CCc1cc(-c2cc3c4c(c2O)O[C@H]2[C@H](OC)[C@@H]([C@@H](C)C(C)(C)C)CC5[C@@H](C3)N(CC3CC3)CC[C@@]452)c(O)c2c1[C@]1(CCN(C)CC3CC3)C(C)C[C@H]([C@@H](C)C(C)(C)C)[C@@H](OC)[C@@H]1O2. The third-order valence-electron chi connectivity index (χ3n) is 20.0. The van der Waals surface area contributed by atoms with E-state index in [1.54, 1.807) is 0 Å². The van der Waals surface area contributed by atoms with Crippen molar-refractivity contribution in [3.05, 3.63) is 34.4 Å². The Bertz CT molecular complexity index is 2110. The van der Waals surface area contributed by atoms with E-state index in [1.807, 2.05) is 14.2 Å². The molecular weight excluding hydrogens is 797 g/mol. The van der Waals surface area contributed by atoms with E-state index in [9.17, 15) is 10.2 Å². The fourth-order valence-electron chi connectivity index (χ4n) is 15.4. The van der Waals surface area contributed by atoms with Gasteiger partial charge in [-0.2, -0.15) is 0 Å². The van der Waals surface area contributed by atoms with Gasteiger partial charge in [0.2, 0.25) is 0 Å². The summed E-state index contributed by atoms with van der Waals surface area (Å²) in [5.74, 6) is 5.39. The maximum absolute atomic E-state index is 13.0. The average molecular weight is 881 g/mol. The molecule has 2 N–H and O–H groups in total. The van der Waals surface area contributed by atoms with Crippen molar-refractivity contribution in [2.24, 2.45) is 58.2 Å². The first-order chi connectivity index (χ1) is 30.3. The lowest BCUT2D eigenvalue weighted by Gasteiger charge is -2.62. The standard InChI is InChI=1S/C56H84N2O6/c1-14-35-24-39(45(59)49-43(35)55(19-21-57(11)28-33-15-16-33)30(2)23-37(31(3)53(5,6)7)47(61-12)51(55)63-49)40-25-36-26-42-41-27-38(32(4)54(8,9)10)48(62-13)52-56(41,44(36)50(64-52)46(40)60)20-22-58(42)29-34-17-18-34/h24-25,30-34,37-38,41-42,47-48,51-52,59-60H,14-23,26-29H2,1-13H3/t30?,31-,32-,37-,38-,41?,42-,47-,48-,51+,52+,55+,56+/m1/s1. The Morgan fingerprint density at radius 3 is 2.00 bits per heavy atom. The van der Waals surface area contributed by atoms with Crippen molar-refractivity contribution in [1.29, 1.82) is 0 Å². The van der Waals surface area contributed by atoms with Gasteiger partial charge in [-0.15, -0.1) is 0 Å². The predicted octanol–water partition coefficient (Wildman–Crippen LogP) is 10.8. The molecule has 2 aromatic rings. The van der Waals surface area contributed by atoms with Crippen LogP contribution < -0.4 is 9.47 Å². The molecule has 3 heterocycles. The van der Waals surface area contributed by atoms with E-state index < -0.39 is 0 Å². The molecule has 10 rings (SSSR count). The molecule has 354 valence electrons. The molecule has 5 fully saturated rings. The Labute approximate surface area is 386 Å². The van der Waals surface area contributed by atoms with E-state index in [-0.39, 0.29) is 57.6 Å². The number of phenolic OH excluding ortho intramolecular Hbond substituents is 2. The number of rotatable bonds is 13. The van der Waals surface area contributed by atoms with Crippen LogP contribution in [0.1, 0.15) is 143 Å². The second kappa shape index (κ2) is 15.8. The number of aromatic hydroxyl groups is 2. The lowest BCUT2D eigenvalue weighted by atomic mass is 9.48. The number of methoxy groups -OCH3 is 2. The molecule has 4 saturated carbocycles. The highest BCUT2D eigenvalue weighted by molar-refractivity contribution is 5.85. The number of nitrogens with zero attached hydrogens (tertiary/aromatic N) is 2. The molecular formula is C56H84N2O6. The van der Waals surface area contributed by atoms with Crippen LogP contribution in [-0.2, 0) is 33.1 Å². The van der Waals surface area contributed by atoms with Crippen molar-refractivity contribution < 1.29 is 29.2 Å². The molecule has 2 aromatic carbocycles. The molecule has 3 aliphatic heterocycles. The van der Waals surface area contributed by atoms with Crippen LogP contribution in [0.5, 0.6) is 23.0 Å². The Morgan fingerprint density at radius 1 is 0.828 bits per heavy atom. The Hall–Kier alpha value is -2.52. The summed E-state index contributed by atoms with van der Waals surface area (Å²) in [6.45, 7) is 28.1. The summed E-state index contributed by atoms with van der Waals surface area (Å²) in [4.78, 5) is 5.39. The number of ether oxygens (including phenoxy) is 4. The lowest BCUT2D eigenvalue weighted by Crippen LogP contribution is -2.69. The summed E-state index contributed by atoms with van der Waals surface area (Å²) in [6.07, 6.45) is 10.6. The van der Waals surface area contributed by atoms with Crippen LogP contribution in [0.15, 0.2) is 12.1 Å². The Balaban J connectivity index is 1.11. The number of piperidine rings is 1. The number of hydrogen-bond donors (Lipinski definition) is 2. The molecule has 5 aliphatic carbocycles. The van der Waals surface area contributed by atoms with E-state index in [0.29, 0.717) is 64.2 Å². The number of benzene rings is 2. The number of aryl methyl sites for hydroxylation is 1. The third-order valence-corrected chi connectivity index (χ3v) is 20.0. The van der Waals surface area contributed by atoms with Gasteiger partial charge in [0.1, 0.15) is 12.2 Å². The van der Waals surface area contributed by atoms with Gasteiger partial charge in [-0.05, 0) is 166 Å². The zero-order valence-corrected chi connectivity index (χ0v) is 42.0. The van der Waals surface area contributed by atoms with Crippen LogP contribution in [0.2, 0.25) is 0 Å². The normalized spacial score (nSPS) is 36.2. The average Bonchev–Trinajstić information content (AvgIpc) is 4.18. The molecule has 0 aromatic heterocycles. The van der Waals surface area contributed by atoms with Crippen LogP contribution in [0.3, 0.4) is 0 Å². The molecule has 1 spiro atoms. The van der Waals surface area contributed by atoms with Gasteiger partial charge in [0.25, 0.3) is 0 Å². The van der Waals surface area contributed by atoms with Gasteiger partial charge in [0.05, 0.1) is 12.2 Å².